The van der Waals surface area contributed by atoms with Gasteiger partial charge in [-0.1, -0.05) is 48.5 Å². The minimum absolute atomic E-state index is 0.151. The van der Waals surface area contributed by atoms with Crippen LogP contribution in [0, 0.1) is 0 Å². The van der Waals surface area contributed by atoms with Crippen LogP contribution in [0.5, 0.6) is 11.6 Å². The van der Waals surface area contributed by atoms with Crippen molar-refractivity contribution in [1.82, 2.24) is 9.78 Å². The molecule has 3 rings (SSSR count). The molecular weight excluding hydrogens is 264 g/mol. The van der Waals surface area contributed by atoms with E-state index in [1.165, 1.54) is 4.68 Å². The minimum atomic E-state index is -0.151. The van der Waals surface area contributed by atoms with E-state index >= 15 is 0 Å². The second kappa shape index (κ2) is 5.63. The normalized spacial score (nSPS) is 10.3. The van der Waals surface area contributed by atoms with E-state index in [0.717, 1.165) is 5.56 Å². The van der Waals surface area contributed by atoms with Crippen molar-refractivity contribution < 1.29 is 4.74 Å². The van der Waals surface area contributed by atoms with E-state index in [9.17, 15) is 4.79 Å². The molecule has 0 aliphatic carbocycles. The largest absolute Gasteiger partial charge is 0.438 e. The zero-order valence-corrected chi connectivity index (χ0v) is 11.6. The Morgan fingerprint density at radius 2 is 1.57 bits per heavy atom. The molecule has 0 saturated heterocycles. The van der Waals surface area contributed by atoms with Crippen LogP contribution in [0.1, 0.15) is 0 Å². The quantitative estimate of drug-likeness (QED) is 0.738. The van der Waals surface area contributed by atoms with Crippen molar-refractivity contribution in [2.24, 2.45) is 7.05 Å². The average molecular weight is 278 g/mol. The predicted molar refractivity (Wildman–Crippen MR) is 81.4 cm³/mol. The van der Waals surface area contributed by atoms with Gasteiger partial charge >= 0.3 is 0 Å². The lowest BCUT2D eigenvalue weighted by Gasteiger charge is -2.08. The van der Waals surface area contributed by atoms with Gasteiger partial charge < -0.3 is 4.74 Å². The first-order chi connectivity index (χ1) is 10.2. The number of aromatic nitrogens is 2. The molecule has 4 heteroatoms. The summed E-state index contributed by atoms with van der Waals surface area (Å²) in [4.78, 5) is 12.2. The van der Waals surface area contributed by atoms with E-state index in [4.69, 9.17) is 4.74 Å². The SMILES string of the molecule is Cn1nc(Oc2ccccc2)cc(-c2ccccc2)c1=O. The molecule has 0 N–H and O–H groups in total. The van der Waals surface area contributed by atoms with Crippen molar-refractivity contribution in [3.63, 3.8) is 0 Å². The fraction of sp³-hybridized carbons (Fsp3) is 0.0588. The molecule has 0 bridgehead atoms. The Morgan fingerprint density at radius 3 is 2.24 bits per heavy atom. The fourth-order valence-electron chi connectivity index (χ4n) is 2.07. The number of benzene rings is 2. The van der Waals surface area contributed by atoms with Crippen LogP contribution in [0.2, 0.25) is 0 Å². The van der Waals surface area contributed by atoms with Gasteiger partial charge in [0.15, 0.2) is 0 Å². The fourth-order valence-corrected chi connectivity index (χ4v) is 2.07. The lowest BCUT2D eigenvalue weighted by molar-refractivity contribution is 0.441. The van der Waals surface area contributed by atoms with Gasteiger partial charge in [-0.05, 0) is 17.7 Å². The van der Waals surface area contributed by atoms with Crippen molar-refractivity contribution >= 4 is 0 Å². The van der Waals surface area contributed by atoms with E-state index in [1.807, 2.05) is 60.7 Å². The maximum Gasteiger partial charge on any atom is 0.274 e. The average Bonchev–Trinajstić information content (AvgIpc) is 2.52. The van der Waals surface area contributed by atoms with Crippen molar-refractivity contribution in [2.45, 2.75) is 0 Å². The van der Waals surface area contributed by atoms with Gasteiger partial charge in [0.2, 0.25) is 5.88 Å². The molecule has 2 aromatic carbocycles. The minimum Gasteiger partial charge on any atom is -0.438 e. The molecule has 0 atom stereocenters. The summed E-state index contributed by atoms with van der Waals surface area (Å²) in [5, 5.41) is 4.14. The van der Waals surface area contributed by atoms with Gasteiger partial charge in [0.25, 0.3) is 5.56 Å². The molecule has 0 saturated carbocycles. The van der Waals surface area contributed by atoms with Crippen LogP contribution in [-0.4, -0.2) is 9.78 Å². The molecule has 0 amide bonds. The maximum absolute atomic E-state index is 12.2. The molecule has 0 aliphatic heterocycles. The Labute approximate surface area is 122 Å². The summed E-state index contributed by atoms with van der Waals surface area (Å²) in [5.41, 5.74) is 1.26. The molecule has 0 fully saturated rings. The summed E-state index contributed by atoms with van der Waals surface area (Å²) in [5.74, 6) is 1.07. The summed E-state index contributed by atoms with van der Waals surface area (Å²) in [7, 11) is 1.62. The Morgan fingerprint density at radius 1 is 0.952 bits per heavy atom. The van der Waals surface area contributed by atoms with Crippen LogP contribution in [0.3, 0.4) is 0 Å². The van der Waals surface area contributed by atoms with Crippen molar-refractivity contribution in [3.05, 3.63) is 77.1 Å². The highest BCUT2D eigenvalue weighted by atomic mass is 16.5. The molecule has 0 unspecified atom stereocenters. The lowest BCUT2D eigenvalue weighted by atomic mass is 10.1. The van der Waals surface area contributed by atoms with Crippen LogP contribution in [-0.2, 0) is 7.05 Å². The van der Waals surface area contributed by atoms with Crippen LogP contribution < -0.4 is 10.3 Å². The van der Waals surface area contributed by atoms with Gasteiger partial charge in [0.1, 0.15) is 5.75 Å². The Bertz CT molecular complexity index is 796. The highest BCUT2D eigenvalue weighted by Crippen LogP contribution is 2.22. The van der Waals surface area contributed by atoms with E-state index in [0.29, 0.717) is 17.2 Å². The van der Waals surface area contributed by atoms with Crippen LogP contribution in [0.25, 0.3) is 11.1 Å². The number of rotatable bonds is 3. The van der Waals surface area contributed by atoms with Gasteiger partial charge in [0.05, 0.1) is 5.56 Å². The standard InChI is InChI=1S/C17H14N2O2/c1-19-17(20)15(13-8-4-2-5-9-13)12-16(18-19)21-14-10-6-3-7-11-14/h2-12H,1H3. The van der Waals surface area contributed by atoms with Gasteiger partial charge in [-0.15, -0.1) is 5.10 Å². The molecule has 3 aromatic rings. The second-order valence-corrected chi connectivity index (χ2v) is 4.61. The number of hydrogen-bond acceptors (Lipinski definition) is 3. The zero-order chi connectivity index (χ0) is 14.7. The zero-order valence-electron chi connectivity index (χ0n) is 11.6. The summed E-state index contributed by atoms with van der Waals surface area (Å²) >= 11 is 0. The number of aryl methyl sites for hydroxylation is 1. The molecular formula is C17H14N2O2. The first-order valence-corrected chi connectivity index (χ1v) is 6.61. The maximum atomic E-state index is 12.2. The van der Waals surface area contributed by atoms with Crippen LogP contribution >= 0.6 is 0 Å². The Balaban J connectivity index is 2.04. The lowest BCUT2D eigenvalue weighted by Crippen LogP contribution is -2.21. The molecule has 104 valence electrons. The van der Waals surface area contributed by atoms with E-state index < -0.39 is 0 Å². The smallest absolute Gasteiger partial charge is 0.274 e. The van der Waals surface area contributed by atoms with Crippen molar-refractivity contribution in [3.8, 4) is 22.8 Å². The second-order valence-electron chi connectivity index (χ2n) is 4.61. The summed E-state index contributed by atoms with van der Waals surface area (Å²) in [6.45, 7) is 0. The number of hydrogen-bond donors (Lipinski definition) is 0. The Kier molecular flexibility index (Phi) is 3.51. The topological polar surface area (TPSA) is 44.1 Å². The first kappa shape index (κ1) is 13.1. The third kappa shape index (κ3) is 2.84. The van der Waals surface area contributed by atoms with Crippen molar-refractivity contribution in [1.29, 1.82) is 0 Å². The number of nitrogens with zero attached hydrogens (tertiary/aromatic N) is 2. The van der Waals surface area contributed by atoms with Crippen LogP contribution in [0.15, 0.2) is 71.5 Å². The Hall–Kier alpha value is -2.88. The highest BCUT2D eigenvalue weighted by Gasteiger charge is 2.09. The third-order valence-corrected chi connectivity index (χ3v) is 3.09. The molecule has 0 radical (unpaired) electrons. The predicted octanol–water partition coefficient (Wildman–Crippen LogP) is 3.24. The van der Waals surface area contributed by atoms with Crippen molar-refractivity contribution in [2.75, 3.05) is 0 Å². The molecule has 21 heavy (non-hydrogen) atoms. The highest BCUT2D eigenvalue weighted by molar-refractivity contribution is 5.63. The third-order valence-electron chi connectivity index (χ3n) is 3.09. The van der Waals surface area contributed by atoms with Crippen LogP contribution in [0.4, 0.5) is 0 Å². The van der Waals surface area contributed by atoms with Gasteiger partial charge in [-0.25, -0.2) is 4.68 Å². The molecule has 4 nitrogen and oxygen atoms in total. The van der Waals surface area contributed by atoms with E-state index in [2.05, 4.69) is 5.10 Å². The van der Waals surface area contributed by atoms with Gasteiger partial charge in [-0.2, -0.15) is 0 Å². The molecule has 0 spiro atoms. The first-order valence-electron chi connectivity index (χ1n) is 6.61. The van der Waals surface area contributed by atoms with Gasteiger partial charge in [0, 0.05) is 13.1 Å². The molecule has 0 aliphatic rings. The number of ether oxygens (including phenoxy) is 1. The molecule has 1 aromatic heterocycles. The number of para-hydroxylation sites is 1. The van der Waals surface area contributed by atoms with E-state index in [1.54, 1.807) is 13.1 Å². The van der Waals surface area contributed by atoms with Gasteiger partial charge in [-0.3, -0.25) is 4.79 Å². The summed E-state index contributed by atoms with van der Waals surface area (Å²) in [6.07, 6.45) is 0. The summed E-state index contributed by atoms with van der Waals surface area (Å²) < 4.78 is 7.00. The monoisotopic (exact) mass is 278 g/mol. The summed E-state index contributed by atoms with van der Waals surface area (Å²) in [6, 6.07) is 20.5. The van der Waals surface area contributed by atoms with E-state index in [-0.39, 0.29) is 5.56 Å². The molecule has 1 heterocycles.